The summed E-state index contributed by atoms with van der Waals surface area (Å²) in [6, 6.07) is 4.90. The Hall–Kier alpha value is -2.43. The molecule has 2 amide bonds. The molecule has 2 aromatic rings. The van der Waals surface area contributed by atoms with Gasteiger partial charge in [-0.05, 0) is 36.6 Å². The second-order valence-electron chi connectivity index (χ2n) is 6.46. The Bertz CT molecular complexity index is 960. The van der Waals surface area contributed by atoms with Crippen LogP contribution in [-0.4, -0.2) is 44.8 Å². The summed E-state index contributed by atoms with van der Waals surface area (Å²) in [5, 5.41) is 14.9. The molecule has 158 valence electrons. The number of amides is 2. The fraction of sp³-hybridized carbons (Fsp3) is 0.300. The third-order valence-electron chi connectivity index (χ3n) is 4.34. The van der Waals surface area contributed by atoms with E-state index in [9.17, 15) is 14.7 Å². The number of nitrogens with one attached hydrogen (secondary N) is 1. The maximum atomic E-state index is 12.7. The maximum Gasteiger partial charge on any atom is 0.266 e. The maximum absolute atomic E-state index is 12.7. The largest absolute Gasteiger partial charge is 0.504 e. The van der Waals surface area contributed by atoms with E-state index in [-0.39, 0.29) is 17.6 Å². The topological polar surface area (TPSA) is 91.8 Å². The van der Waals surface area contributed by atoms with Gasteiger partial charge in [-0.25, -0.2) is 4.98 Å². The third-order valence-corrected chi connectivity index (χ3v) is 6.41. The lowest BCUT2D eigenvalue weighted by atomic mass is 10.1. The average molecular weight is 464 g/mol. The van der Waals surface area contributed by atoms with Gasteiger partial charge in [0, 0.05) is 24.5 Å². The van der Waals surface area contributed by atoms with Gasteiger partial charge in [0.05, 0.1) is 12.0 Å². The zero-order valence-electron chi connectivity index (χ0n) is 16.3. The number of carbonyl (C=O) groups excluding carboxylic acids is 2. The number of hydrogen-bond acceptors (Lipinski definition) is 8. The van der Waals surface area contributed by atoms with Crippen LogP contribution in [0.5, 0.6) is 11.5 Å². The lowest BCUT2D eigenvalue weighted by Crippen LogP contribution is -2.29. The van der Waals surface area contributed by atoms with Crippen molar-refractivity contribution >= 4 is 62.7 Å². The highest BCUT2D eigenvalue weighted by Gasteiger charge is 2.31. The molecule has 0 unspecified atom stereocenters. The van der Waals surface area contributed by atoms with Gasteiger partial charge in [-0.1, -0.05) is 36.5 Å². The molecule has 1 fully saturated rings. The van der Waals surface area contributed by atoms with Crippen LogP contribution < -0.4 is 10.1 Å². The number of benzene rings is 1. The second-order valence-corrected chi connectivity index (χ2v) is 9.03. The van der Waals surface area contributed by atoms with Crippen LogP contribution in [0.4, 0.5) is 5.13 Å². The number of nitrogens with zero attached hydrogens (tertiary/aromatic N) is 2. The lowest BCUT2D eigenvalue weighted by Gasteiger charge is -2.14. The summed E-state index contributed by atoms with van der Waals surface area (Å²) < 4.78 is 5.63. The van der Waals surface area contributed by atoms with Crippen LogP contribution in [-0.2, 0) is 9.59 Å². The van der Waals surface area contributed by atoms with Crippen LogP contribution >= 0.6 is 35.3 Å². The molecule has 30 heavy (non-hydrogen) atoms. The van der Waals surface area contributed by atoms with Crippen LogP contribution in [0.25, 0.3) is 6.08 Å². The normalized spacial score (nSPS) is 15.1. The summed E-state index contributed by atoms with van der Waals surface area (Å²) in [6.07, 6.45) is 6.11. The van der Waals surface area contributed by atoms with E-state index in [4.69, 9.17) is 17.0 Å². The number of phenols is 1. The van der Waals surface area contributed by atoms with Crippen molar-refractivity contribution in [1.82, 2.24) is 9.88 Å². The van der Waals surface area contributed by atoms with E-state index in [0.717, 1.165) is 24.8 Å². The van der Waals surface area contributed by atoms with Crippen molar-refractivity contribution in [2.45, 2.75) is 25.7 Å². The monoisotopic (exact) mass is 463 g/mol. The van der Waals surface area contributed by atoms with Crippen molar-refractivity contribution in [1.29, 1.82) is 0 Å². The first kappa shape index (κ1) is 22.3. The van der Waals surface area contributed by atoms with Gasteiger partial charge < -0.3 is 15.2 Å². The molecule has 1 aromatic heterocycles. The fourth-order valence-electron chi connectivity index (χ4n) is 2.83. The number of rotatable bonds is 9. The van der Waals surface area contributed by atoms with E-state index in [0.29, 0.717) is 33.1 Å². The van der Waals surface area contributed by atoms with Gasteiger partial charge in [0.25, 0.3) is 5.91 Å². The molecule has 10 heteroatoms. The lowest BCUT2D eigenvalue weighted by molar-refractivity contribution is -0.122. The number of aromatic hydroxyl groups is 1. The molecular weight excluding hydrogens is 442 g/mol. The number of unbranched alkanes of at least 4 members (excludes halogenated alkanes) is 2. The summed E-state index contributed by atoms with van der Waals surface area (Å²) in [5.41, 5.74) is 0.747. The predicted octanol–water partition coefficient (Wildman–Crippen LogP) is 4.26. The quantitative estimate of drug-likeness (QED) is 0.326. The van der Waals surface area contributed by atoms with Crippen molar-refractivity contribution in [2.75, 3.05) is 19.0 Å². The Morgan fingerprint density at radius 3 is 2.93 bits per heavy atom. The van der Waals surface area contributed by atoms with Crippen LogP contribution in [0.15, 0.2) is 34.7 Å². The van der Waals surface area contributed by atoms with Crippen molar-refractivity contribution in [2.24, 2.45) is 0 Å². The highest BCUT2D eigenvalue weighted by atomic mass is 32.2. The highest BCUT2D eigenvalue weighted by molar-refractivity contribution is 8.26. The van der Waals surface area contributed by atoms with E-state index in [1.165, 1.54) is 36.3 Å². The minimum absolute atomic E-state index is 0.0440. The molecule has 7 nitrogen and oxygen atoms in total. The molecule has 2 N–H and O–H groups in total. The van der Waals surface area contributed by atoms with Crippen LogP contribution in [0, 0.1) is 0 Å². The Kier molecular flexibility index (Phi) is 7.83. The average Bonchev–Trinajstić information content (AvgIpc) is 3.32. The number of thioether (sulfide) groups is 1. The minimum atomic E-state index is -0.126. The van der Waals surface area contributed by atoms with Crippen LogP contribution in [0.1, 0.15) is 31.2 Å². The number of anilines is 1. The summed E-state index contributed by atoms with van der Waals surface area (Å²) in [7, 11) is 1.47. The van der Waals surface area contributed by atoms with E-state index >= 15 is 0 Å². The summed E-state index contributed by atoms with van der Waals surface area (Å²) in [5.74, 6) is 0.210. The number of phenolic OH excluding ortho intramolecular Hbond substituents is 1. The Morgan fingerprint density at radius 2 is 2.20 bits per heavy atom. The number of thiazole rings is 1. The van der Waals surface area contributed by atoms with Gasteiger partial charge in [0.1, 0.15) is 4.32 Å². The number of hydrogen-bond donors (Lipinski definition) is 2. The fourth-order valence-corrected chi connectivity index (χ4v) is 4.68. The Balaban J connectivity index is 1.46. The van der Waals surface area contributed by atoms with E-state index in [1.54, 1.807) is 29.3 Å². The number of carbonyl (C=O) groups is 2. The third kappa shape index (κ3) is 5.80. The molecule has 1 aliphatic heterocycles. The second kappa shape index (κ2) is 10.6. The minimum Gasteiger partial charge on any atom is -0.504 e. The molecule has 1 aliphatic rings. The van der Waals surface area contributed by atoms with Gasteiger partial charge in [-0.3, -0.25) is 14.5 Å². The van der Waals surface area contributed by atoms with Crippen LogP contribution in [0.2, 0.25) is 0 Å². The number of thiocarbonyl (C=S) groups is 1. The van der Waals surface area contributed by atoms with Gasteiger partial charge in [-0.2, -0.15) is 0 Å². The number of aromatic nitrogens is 1. The van der Waals surface area contributed by atoms with Gasteiger partial charge >= 0.3 is 0 Å². The van der Waals surface area contributed by atoms with Gasteiger partial charge in [0.15, 0.2) is 16.6 Å². The van der Waals surface area contributed by atoms with Gasteiger partial charge in [-0.15, -0.1) is 11.3 Å². The molecule has 0 spiro atoms. The Labute approximate surface area is 188 Å². The first-order valence-electron chi connectivity index (χ1n) is 9.29. The van der Waals surface area contributed by atoms with Gasteiger partial charge in [0.2, 0.25) is 5.91 Å². The smallest absolute Gasteiger partial charge is 0.266 e. The summed E-state index contributed by atoms with van der Waals surface area (Å²) in [6.45, 7) is 0.523. The van der Waals surface area contributed by atoms with Crippen molar-refractivity contribution < 1.29 is 19.4 Å². The van der Waals surface area contributed by atoms with E-state index in [2.05, 4.69) is 10.3 Å². The molecular formula is C20H21N3O4S3. The zero-order valence-corrected chi connectivity index (χ0v) is 18.7. The molecule has 1 aromatic carbocycles. The highest BCUT2D eigenvalue weighted by Crippen LogP contribution is 2.34. The van der Waals surface area contributed by atoms with Crippen molar-refractivity contribution in [3.05, 3.63) is 40.2 Å². The molecule has 0 atom stereocenters. The number of methoxy groups -OCH3 is 1. The zero-order chi connectivity index (χ0) is 21.5. The number of ether oxygens (including phenoxy) is 1. The molecule has 0 saturated carbocycles. The Morgan fingerprint density at radius 1 is 1.37 bits per heavy atom. The molecule has 2 heterocycles. The molecule has 3 rings (SSSR count). The first-order valence-corrected chi connectivity index (χ1v) is 11.4. The van der Waals surface area contributed by atoms with Crippen molar-refractivity contribution in [3.63, 3.8) is 0 Å². The predicted molar refractivity (Wildman–Crippen MR) is 124 cm³/mol. The molecule has 1 saturated heterocycles. The molecule has 0 aliphatic carbocycles. The summed E-state index contributed by atoms with van der Waals surface area (Å²) >= 11 is 8.00. The summed E-state index contributed by atoms with van der Waals surface area (Å²) in [4.78, 5) is 30.7. The van der Waals surface area contributed by atoms with E-state index in [1.807, 2.05) is 5.38 Å². The molecule has 0 radical (unpaired) electrons. The standard InChI is InChI=1S/C20H21N3O4S3/c1-27-15-11-13(6-7-14(15)24)12-16-18(26)23(20(28)30-16)9-4-2-3-5-17(25)22-19-21-8-10-29-19/h6-8,10-12,24H,2-5,9H2,1H3,(H,21,22,25)/b16-12-. The van der Waals surface area contributed by atoms with Crippen LogP contribution in [0.3, 0.4) is 0 Å². The van der Waals surface area contributed by atoms with E-state index < -0.39 is 0 Å². The molecule has 0 bridgehead atoms. The first-order chi connectivity index (χ1) is 14.5. The SMILES string of the molecule is COc1cc(/C=C2\SC(=S)N(CCCCCC(=O)Nc3nccs3)C2=O)ccc1O. The van der Waals surface area contributed by atoms with Crippen molar-refractivity contribution in [3.8, 4) is 11.5 Å².